The molecule has 0 heterocycles. The lowest BCUT2D eigenvalue weighted by Gasteiger charge is -2.31. The minimum atomic E-state index is -0.789. The molecule has 14 heavy (non-hydrogen) atoms. The number of carbonyl (C=O) groups is 2. The maximum atomic E-state index is 12.1. The summed E-state index contributed by atoms with van der Waals surface area (Å²) in [6.45, 7) is 3.90. The van der Waals surface area contributed by atoms with Gasteiger partial charge in [-0.1, -0.05) is 13.8 Å². The molecule has 3 heteroatoms. The van der Waals surface area contributed by atoms with Crippen LogP contribution in [0.5, 0.6) is 0 Å². The highest BCUT2D eigenvalue weighted by Crippen LogP contribution is 2.60. The number of hydrogen-bond donors (Lipinski definition) is 0. The van der Waals surface area contributed by atoms with Crippen LogP contribution < -0.4 is 0 Å². The van der Waals surface area contributed by atoms with E-state index in [1.54, 1.807) is 0 Å². The van der Waals surface area contributed by atoms with E-state index in [-0.39, 0.29) is 17.2 Å². The highest BCUT2D eigenvalue weighted by molar-refractivity contribution is 6.08. The molecule has 0 amide bonds. The molecule has 0 saturated heterocycles. The summed E-state index contributed by atoms with van der Waals surface area (Å²) >= 11 is 0. The first-order valence-electron chi connectivity index (χ1n) is 5.08. The summed E-state index contributed by atoms with van der Waals surface area (Å²) in [5.74, 6) is 0.137. The first-order chi connectivity index (χ1) is 6.45. The van der Waals surface area contributed by atoms with Crippen LogP contribution in [-0.2, 0) is 14.3 Å². The van der Waals surface area contributed by atoms with Gasteiger partial charge in [0.05, 0.1) is 7.11 Å². The van der Waals surface area contributed by atoms with E-state index in [0.29, 0.717) is 18.8 Å². The monoisotopic (exact) mass is 196 g/mol. The molecule has 0 aromatic heterocycles. The van der Waals surface area contributed by atoms with Gasteiger partial charge in [0.25, 0.3) is 0 Å². The predicted octanol–water partition coefficient (Wildman–Crippen LogP) is 1.55. The van der Waals surface area contributed by atoms with E-state index in [1.807, 2.05) is 13.8 Å². The van der Waals surface area contributed by atoms with Crippen molar-refractivity contribution in [2.75, 3.05) is 7.11 Å². The summed E-state index contributed by atoms with van der Waals surface area (Å²) in [5, 5.41) is 0. The van der Waals surface area contributed by atoms with Crippen molar-refractivity contribution in [1.82, 2.24) is 0 Å². The highest BCUT2D eigenvalue weighted by atomic mass is 16.5. The van der Waals surface area contributed by atoms with Gasteiger partial charge in [-0.15, -0.1) is 0 Å². The number of fused-ring (bicyclic) bond motifs is 2. The van der Waals surface area contributed by atoms with E-state index in [0.717, 1.165) is 6.42 Å². The Hall–Kier alpha value is -0.860. The minimum absolute atomic E-state index is 0.0908. The SMILES string of the molecule is COC(=O)[C@@]12CC[C@H](C1)C(C)(C)C2=O. The van der Waals surface area contributed by atoms with Gasteiger partial charge in [0.1, 0.15) is 5.41 Å². The van der Waals surface area contributed by atoms with Crippen molar-refractivity contribution >= 4 is 11.8 Å². The third-order valence-electron chi connectivity index (χ3n) is 4.13. The maximum absolute atomic E-state index is 12.1. The van der Waals surface area contributed by atoms with E-state index in [1.165, 1.54) is 7.11 Å². The average molecular weight is 196 g/mol. The zero-order valence-electron chi connectivity index (χ0n) is 8.92. The normalized spacial score (nSPS) is 38.8. The molecule has 2 rings (SSSR count). The summed E-state index contributed by atoms with van der Waals surface area (Å²) in [7, 11) is 1.36. The summed E-state index contributed by atoms with van der Waals surface area (Å²) in [6, 6.07) is 0. The number of hydrogen-bond acceptors (Lipinski definition) is 3. The van der Waals surface area contributed by atoms with Crippen molar-refractivity contribution < 1.29 is 14.3 Å². The van der Waals surface area contributed by atoms with Crippen LogP contribution in [0, 0.1) is 16.7 Å². The van der Waals surface area contributed by atoms with E-state index in [9.17, 15) is 9.59 Å². The molecule has 0 aromatic carbocycles. The van der Waals surface area contributed by atoms with Gasteiger partial charge >= 0.3 is 5.97 Å². The van der Waals surface area contributed by atoms with Gasteiger partial charge in [-0.2, -0.15) is 0 Å². The molecule has 2 aliphatic carbocycles. The molecule has 2 atom stereocenters. The van der Waals surface area contributed by atoms with E-state index in [4.69, 9.17) is 4.74 Å². The molecule has 0 radical (unpaired) electrons. The number of ketones is 1. The lowest BCUT2D eigenvalue weighted by molar-refractivity contribution is -0.158. The van der Waals surface area contributed by atoms with Crippen molar-refractivity contribution in [1.29, 1.82) is 0 Å². The number of rotatable bonds is 1. The van der Waals surface area contributed by atoms with Gasteiger partial charge in [0.15, 0.2) is 5.78 Å². The van der Waals surface area contributed by atoms with Gasteiger partial charge in [-0.25, -0.2) is 0 Å². The van der Waals surface area contributed by atoms with Crippen LogP contribution in [0.4, 0.5) is 0 Å². The smallest absolute Gasteiger partial charge is 0.319 e. The first-order valence-corrected chi connectivity index (χ1v) is 5.08. The molecule has 2 bridgehead atoms. The van der Waals surface area contributed by atoms with Gasteiger partial charge in [0.2, 0.25) is 0 Å². The van der Waals surface area contributed by atoms with E-state index in [2.05, 4.69) is 0 Å². The highest BCUT2D eigenvalue weighted by Gasteiger charge is 2.65. The summed E-state index contributed by atoms with van der Waals surface area (Å²) in [5.41, 5.74) is -1.12. The quantitative estimate of drug-likeness (QED) is 0.472. The maximum Gasteiger partial charge on any atom is 0.319 e. The Bertz CT molecular complexity index is 306. The van der Waals surface area contributed by atoms with Crippen LogP contribution in [0.25, 0.3) is 0 Å². The predicted molar refractivity (Wildman–Crippen MR) is 50.6 cm³/mol. The number of Topliss-reactive ketones (excluding diaryl/α,β-unsaturated/α-hetero) is 1. The molecular weight excluding hydrogens is 180 g/mol. The Morgan fingerprint density at radius 2 is 2.14 bits per heavy atom. The van der Waals surface area contributed by atoms with Gasteiger partial charge in [-0.3, -0.25) is 9.59 Å². The van der Waals surface area contributed by atoms with Gasteiger partial charge in [-0.05, 0) is 25.2 Å². The van der Waals surface area contributed by atoms with Crippen molar-refractivity contribution in [3.8, 4) is 0 Å². The zero-order chi connectivity index (χ0) is 10.6. The standard InChI is InChI=1S/C11H16O3/c1-10(2)7-4-5-11(6-7,8(10)12)9(13)14-3/h7H,4-6H2,1-3H3/t7-,11+/m1/s1. The lowest BCUT2D eigenvalue weighted by Crippen LogP contribution is -2.42. The molecule has 78 valence electrons. The fraction of sp³-hybridized carbons (Fsp3) is 0.818. The third-order valence-corrected chi connectivity index (χ3v) is 4.13. The Morgan fingerprint density at radius 1 is 1.50 bits per heavy atom. The van der Waals surface area contributed by atoms with Gasteiger partial charge < -0.3 is 4.74 Å². The molecule has 3 nitrogen and oxygen atoms in total. The van der Waals surface area contributed by atoms with Crippen molar-refractivity contribution in [3.05, 3.63) is 0 Å². The van der Waals surface area contributed by atoms with Crippen LogP contribution in [0.15, 0.2) is 0 Å². The van der Waals surface area contributed by atoms with Crippen molar-refractivity contribution in [2.24, 2.45) is 16.7 Å². The molecule has 2 aliphatic rings. The molecule has 0 aromatic rings. The number of carbonyl (C=O) groups excluding carboxylic acids is 2. The van der Waals surface area contributed by atoms with Crippen LogP contribution in [-0.4, -0.2) is 18.9 Å². The second-order valence-corrected chi connectivity index (χ2v) is 5.06. The van der Waals surface area contributed by atoms with Crippen LogP contribution in [0.3, 0.4) is 0 Å². The Kier molecular flexibility index (Phi) is 1.79. The number of methoxy groups -OCH3 is 1. The van der Waals surface area contributed by atoms with Crippen LogP contribution in [0.1, 0.15) is 33.1 Å². The van der Waals surface area contributed by atoms with E-state index >= 15 is 0 Å². The third kappa shape index (κ3) is 0.877. The number of ether oxygens (including phenoxy) is 1. The van der Waals surface area contributed by atoms with E-state index < -0.39 is 5.41 Å². The summed E-state index contributed by atoms with van der Waals surface area (Å²) in [4.78, 5) is 23.8. The zero-order valence-corrected chi connectivity index (χ0v) is 8.92. The second kappa shape index (κ2) is 2.59. The fourth-order valence-electron chi connectivity index (χ4n) is 3.14. The van der Waals surface area contributed by atoms with Crippen LogP contribution in [0.2, 0.25) is 0 Å². The van der Waals surface area contributed by atoms with Gasteiger partial charge in [0, 0.05) is 5.41 Å². The summed E-state index contributed by atoms with van der Waals surface area (Å²) < 4.78 is 4.76. The molecule has 0 unspecified atom stereocenters. The largest absolute Gasteiger partial charge is 0.468 e. The minimum Gasteiger partial charge on any atom is -0.468 e. The Balaban J connectivity index is 2.40. The molecule has 0 aliphatic heterocycles. The molecular formula is C11H16O3. The number of esters is 1. The molecule has 2 saturated carbocycles. The molecule has 0 spiro atoms. The fourth-order valence-corrected chi connectivity index (χ4v) is 3.14. The average Bonchev–Trinajstić information content (AvgIpc) is 2.66. The summed E-state index contributed by atoms with van der Waals surface area (Å²) in [6.07, 6.45) is 2.37. The lowest BCUT2D eigenvalue weighted by atomic mass is 9.71. The van der Waals surface area contributed by atoms with Crippen molar-refractivity contribution in [2.45, 2.75) is 33.1 Å². The molecule has 2 fully saturated rings. The van der Waals surface area contributed by atoms with Crippen LogP contribution >= 0.6 is 0 Å². The van der Waals surface area contributed by atoms with Crippen molar-refractivity contribution in [3.63, 3.8) is 0 Å². The molecule has 0 N–H and O–H groups in total. The topological polar surface area (TPSA) is 43.4 Å². The Morgan fingerprint density at radius 3 is 2.57 bits per heavy atom. The Labute approximate surface area is 83.8 Å². The first kappa shape index (κ1) is 9.69. The second-order valence-electron chi connectivity index (χ2n) is 5.06.